The maximum atomic E-state index is 9.64. The van der Waals surface area contributed by atoms with Crippen LogP contribution in [0, 0.1) is 0 Å². The number of aromatic hydroxyl groups is 1. The Hall–Kier alpha value is -1.74. The minimum atomic E-state index is 0.302. The van der Waals surface area contributed by atoms with Crippen LogP contribution >= 0.6 is 0 Å². The molecule has 0 saturated carbocycles. The highest BCUT2D eigenvalue weighted by molar-refractivity contribution is 5.83. The molecule has 1 N–H and O–H groups in total. The monoisotopic (exact) mass is 287 g/mol. The molecule has 0 radical (unpaired) electrons. The summed E-state index contributed by atoms with van der Waals surface area (Å²) in [5.41, 5.74) is 2.13. The smallest absolute Gasteiger partial charge is 0.134 e. The lowest BCUT2D eigenvalue weighted by molar-refractivity contribution is 0.246. The van der Waals surface area contributed by atoms with E-state index in [1.165, 1.54) is 5.56 Å². The number of fused-ring (bicyclic) bond motifs is 3. The lowest BCUT2D eigenvalue weighted by atomic mass is 10.0. The first kappa shape index (κ1) is 15.6. The Kier molecular flexibility index (Phi) is 5.07. The SMILES string of the molecule is C=CCC1Cc2oc3ccc(O)cc3c2CCN1C.CC. The Morgan fingerprint density at radius 1 is 1.43 bits per heavy atom. The van der Waals surface area contributed by atoms with Crippen LogP contribution < -0.4 is 0 Å². The van der Waals surface area contributed by atoms with E-state index in [1.54, 1.807) is 6.07 Å². The van der Waals surface area contributed by atoms with E-state index in [1.807, 2.05) is 32.1 Å². The second-order valence-corrected chi connectivity index (χ2v) is 5.30. The van der Waals surface area contributed by atoms with E-state index in [0.29, 0.717) is 11.8 Å². The van der Waals surface area contributed by atoms with Gasteiger partial charge in [-0.1, -0.05) is 19.9 Å². The predicted octanol–water partition coefficient (Wildman–Crippen LogP) is 4.14. The molecule has 3 heteroatoms. The zero-order valence-electron chi connectivity index (χ0n) is 13.2. The summed E-state index contributed by atoms with van der Waals surface area (Å²) in [7, 11) is 2.15. The maximum absolute atomic E-state index is 9.64. The third-order valence-electron chi connectivity index (χ3n) is 4.06. The van der Waals surface area contributed by atoms with E-state index in [9.17, 15) is 5.11 Å². The normalized spacial score (nSPS) is 18.5. The molecule has 0 spiro atoms. The molecule has 1 unspecified atom stereocenters. The molecule has 0 bridgehead atoms. The summed E-state index contributed by atoms with van der Waals surface area (Å²) in [6.07, 6.45) is 4.82. The number of rotatable bonds is 2. The van der Waals surface area contributed by atoms with E-state index in [-0.39, 0.29) is 0 Å². The Balaban J connectivity index is 0.000000774. The number of hydrogen-bond donors (Lipinski definition) is 1. The van der Waals surface area contributed by atoms with Gasteiger partial charge < -0.3 is 14.4 Å². The van der Waals surface area contributed by atoms with Crippen LogP contribution in [-0.2, 0) is 12.8 Å². The third kappa shape index (κ3) is 3.13. The molecule has 1 aliphatic heterocycles. The zero-order valence-corrected chi connectivity index (χ0v) is 13.2. The average molecular weight is 287 g/mol. The van der Waals surface area contributed by atoms with Crippen LogP contribution in [0.5, 0.6) is 5.75 Å². The van der Waals surface area contributed by atoms with Crippen LogP contribution in [0.4, 0.5) is 0 Å². The Bertz CT molecular complexity index is 615. The van der Waals surface area contributed by atoms with Gasteiger partial charge in [0.15, 0.2) is 0 Å². The summed E-state index contributed by atoms with van der Waals surface area (Å²) < 4.78 is 5.98. The molecule has 114 valence electrons. The first-order valence-electron chi connectivity index (χ1n) is 7.73. The van der Waals surface area contributed by atoms with Gasteiger partial charge in [-0.25, -0.2) is 0 Å². The van der Waals surface area contributed by atoms with E-state index >= 15 is 0 Å². The molecule has 0 saturated heterocycles. The van der Waals surface area contributed by atoms with E-state index in [2.05, 4.69) is 18.5 Å². The molecule has 3 rings (SSSR count). The second-order valence-electron chi connectivity index (χ2n) is 5.30. The number of likely N-dealkylation sites (N-methyl/N-ethyl adjacent to an activating group) is 1. The molecule has 1 atom stereocenters. The molecule has 1 aromatic heterocycles. The number of phenolic OH excluding ortho intramolecular Hbond substituents is 1. The van der Waals surface area contributed by atoms with Crippen molar-refractivity contribution in [3.63, 3.8) is 0 Å². The molecule has 21 heavy (non-hydrogen) atoms. The molecular formula is C18H25NO2. The maximum Gasteiger partial charge on any atom is 0.134 e. The highest BCUT2D eigenvalue weighted by Gasteiger charge is 2.24. The summed E-state index contributed by atoms with van der Waals surface area (Å²) in [5.74, 6) is 1.37. The van der Waals surface area contributed by atoms with Crippen molar-refractivity contribution < 1.29 is 9.52 Å². The molecule has 1 aromatic carbocycles. The van der Waals surface area contributed by atoms with Crippen molar-refractivity contribution in [3.8, 4) is 5.75 Å². The topological polar surface area (TPSA) is 36.6 Å². The van der Waals surface area contributed by atoms with Crippen LogP contribution in [0.25, 0.3) is 11.0 Å². The average Bonchev–Trinajstić information content (AvgIpc) is 2.75. The number of furan rings is 1. The number of benzene rings is 1. The third-order valence-corrected chi connectivity index (χ3v) is 4.06. The van der Waals surface area contributed by atoms with Gasteiger partial charge in [0.05, 0.1) is 0 Å². The van der Waals surface area contributed by atoms with Crippen molar-refractivity contribution >= 4 is 11.0 Å². The van der Waals surface area contributed by atoms with Gasteiger partial charge in [-0.05, 0) is 38.1 Å². The fourth-order valence-electron chi connectivity index (χ4n) is 2.92. The highest BCUT2D eigenvalue weighted by Crippen LogP contribution is 2.32. The second kappa shape index (κ2) is 6.81. The lowest BCUT2D eigenvalue weighted by Gasteiger charge is -2.24. The fourth-order valence-corrected chi connectivity index (χ4v) is 2.92. The van der Waals surface area contributed by atoms with Gasteiger partial charge in [0.2, 0.25) is 0 Å². The van der Waals surface area contributed by atoms with Gasteiger partial charge in [-0.15, -0.1) is 6.58 Å². The number of hydrogen-bond acceptors (Lipinski definition) is 3. The van der Waals surface area contributed by atoms with Crippen molar-refractivity contribution in [1.29, 1.82) is 0 Å². The van der Waals surface area contributed by atoms with Crippen molar-refractivity contribution in [1.82, 2.24) is 4.90 Å². The fraction of sp³-hybridized carbons (Fsp3) is 0.444. The summed E-state index contributed by atoms with van der Waals surface area (Å²) in [5, 5.41) is 10.7. The Morgan fingerprint density at radius 3 is 2.90 bits per heavy atom. The van der Waals surface area contributed by atoms with Crippen molar-refractivity contribution in [3.05, 3.63) is 42.2 Å². The molecule has 2 aromatic rings. The molecule has 0 aliphatic carbocycles. The van der Waals surface area contributed by atoms with Gasteiger partial charge in [-0.2, -0.15) is 0 Å². The van der Waals surface area contributed by atoms with Crippen molar-refractivity contribution in [2.75, 3.05) is 13.6 Å². The van der Waals surface area contributed by atoms with Gasteiger partial charge in [0, 0.05) is 30.0 Å². The molecule has 1 aliphatic rings. The van der Waals surface area contributed by atoms with Gasteiger partial charge >= 0.3 is 0 Å². The van der Waals surface area contributed by atoms with Crippen molar-refractivity contribution in [2.45, 2.75) is 39.2 Å². The highest BCUT2D eigenvalue weighted by atomic mass is 16.3. The summed E-state index contributed by atoms with van der Waals surface area (Å²) >= 11 is 0. The van der Waals surface area contributed by atoms with Crippen LogP contribution in [0.15, 0.2) is 35.3 Å². The minimum Gasteiger partial charge on any atom is -0.508 e. The molecule has 3 nitrogen and oxygen atoms in total. The van der Waals surface area contributed by atoms with Crippen LogP contribution in [-0.4, -0.2) is 29.6 Å². The first-order valence-corrected chi connectivity index (χ1v) is 7.73. The van der Waals surface area contributed by atoms with Gasteiger partial charge in [0.25, 0.3) is 0 Å². The van der Waals surface area contributed by atoms with Crippen LogP contribution in [0.1, 0.15) is 31.6 Å². The van der Waals surface area contributed by atoms with Crippen LogP contribution in [0.2, 0.25) is 0 Å². The summed E-state index contributed by atoms with van der Waals surface area (Å²) in [6, 6.07) is 5.79. The first-order chi connectivity index (χ1) is 10.2. The predicted molar refractivity (Wildman–Crippen MR) is 87.9 cm³/mol. The Labute approximate surface area is 126 Å². The number of phenols is 1. The van der Waals surface area contributed by atoms with Crippen LogP contribution in [0.3, 0.4) is 0 Å². The molecular weight excluding hydrogens is 262 g/mol. The van der Waals surface area contributed by atoms with Gasteiger partial charge in [0.1, 0.15) is 17.1 Å². The summed E-state index contributed by atoms with van der Waals surface area (Å²) in [4.78, 5) is 2.37. The van der Waals surface area contributed by atoms with Crippen molar-refractivity contribution in [2.24, 2.45) is 0 Å². The van der Waals surface area contributed by atoms with E-state index in [0.717, 1.165) is 42.5 Å². The zero-order chi connectivity index (χ0) is 15.4. The molecule has 0 fully saturated rings. The van der Waals surface area contributed by atoms with E-state index in [4.69, 9.17) is 4.42 Å². The van der Waals surface area contributed by atoms with E-state index < -0.39 is 0 Å². The minimum absolute atomic E-state index is 0.302. The largest absolute Gasteiger partial charge is 0.508 e. The Morgan fingerprint density at radius 2 is 2.19 bits per heavy atom. The molecule has 0 amide bonds. The molecule has 2 heterocycles. The number of nitrogens with zero attached hydrogens (tertiary/aromatic N) is 1. The quantitative estimate of drug-likeness (QED) is 0.843. The van der Waals surface area contributed by atoms with Gasteiger partial charge in [-0.3, -0.25) is 0 Å². The summed E-state index contributed by atoms with van der Waals surface area (Å²) in [6.45, 7) is 8.85. The lowest BCUT2D eigenvalue weighted by Crippen LogP contribution is -2.32. The standard InChI is InChI=1S/C16H19NO2.C2H6/c1-3-4-11-9-16-13(7-8-17(11)2)14-10-12(18)5-6-15(14)19-16;1-2/h3,5-6,10-11,18H,1,4,7-9H2,2H3;1-2H3.